The molecule has 0 aliphatic carbocycles. The molecule has 0 bridgehead atoms. The number of rotatable bonds is 5. The van der Waals surface area contributed by atoms with Crippen LogP contribution in [0.2, 0.25) is 0 Å². The fourth-order valence-electron chi connectivity index (χ4n) is 10.6. The Morgan fingerprint density at radius 3 is 1.73 bits per heavy atom. The van der Waals surface area contributed by atoms with Crippen molar-refractivity contribution in [2.24, 2.45) is 0 Å². The van der Waals surface area contributed by atoms with Crippen molar-refractivity contribution in [2.75, 3.05) is 5.32 Å². The monoisotopic (exact) mass is 847 g/mol. The van der Waals surface area contributed by atoms with Gasteiger partial charge in [-0.2, -0.15) is 0 Å². The Labute approximate surface area is 380 Å². The Kier molecular flexibility index (Phi) is 7.69. The summed E-state index contributed by atoms with van der Waals surface area (Å²) in [6, 6.07) is 64.8. The maximum atomic E-state index is 6.97. The zero-order valence-electron chi connectivity index (χ0n) is 36.6. The molecule has 9 aromatic carbocycles. The van der Waals surface area contributed by atoms with Crippen molar-refractivity contribution in [1.29, 1.82) is 0 Å². The van der Waals surface area contributed by atoms with Crippen LogP contribution in [-0.4, -0.2) is 11.8 Å². The van der Waals surface area contributed by atoms with Gasteiger partial charge in [-0.05, 0) is 64.5 Å². The van der Waals surface area contributed by atoms with Crippen molar-refractivity contribution < 1.29 is 13.3 Å². The molecule has 1 radical (unpaired) electrons. The van der Waals surface area contributed by atoms with Crippen molar-refractivity contribution in [3.8, 4) is 39.5 Å². The molecule has 13 aromatic rings. The molecule has 0 amide bonds. The lowest BCUT2D eigenvalue weighted by Gasteiger charge is -2.24. The Hall–Kier alpha value is -8.22. The van der Waals surface area contributed by atoms with Crippen LogP contribution in [-0.2, 0) is 5.41 Å². The van der Waals surface area contributed by atoms with Gasteiger partial charge in [-0.25, -0.2) is 0 Å². The van der Waals surface area contributed by atoms with Gasteiger partial charge in [0.1, 0.15) is 33.9 Å². The molecule has 1 N–H and O–H groups in total. The number of fused-ring (bicyclic) bond motifs is 12. The van der Waals surface area contributed by atoms with Gasteiger partial charge in [-0.15, -0.1) is 0 Å². The third-order valence-electron chi connectivity index (χ3n) is 13.8. The number of hydrogen-bond donors (Lipinski definition) is 1. The van der Waals surface area contributed by atoms with E-state index < -0.39 is 0 Å². The molecule has 0 fully saturated rings. The second-order valence-electron chi connectivity index (χ2n) is 18.8. The molecule has 0 atom stereocenters. The van der Waals surface area contributed by atoms with E-state index in [1.807, 2.05) is 12.1 Å². The van der Waals surface area contributed by atoms with Crippen LogP contribution in [0.1, 0.15) is 26.3 Å². The van der Waals surface area contributed by atoms with Gasteiger partial charge < -0.3 is 23.1 Å². The summed E-state index contributed by atoms with van der Waals surface area (Å²) in [5, 5.41) is 12.7. The molecule has 1 aliphatic heterocycles. The molecular formula is C60H40BN2O3. The van der Waals surface area contributed by atoms with Crippen molar-refractivity contribution in [3.63, 3.8) is 0 Å². The van der Waals surface area contributed by atoms with E-state index in [1.54, 1.807) is 0 Å². The smallest absolute Gasteiger partial charge is 0.197 e. The molecule has 0 unspecified atom stereocenters. The maximum absolute atomic E-state index is 6.97. The van der Waals surface area contributed by atoms with Crippen LogP contribution < -0.4 is 16.2 Å². The fourth-order valence-corrected chi connectivity index (χ4v) is 10.6. The van der Waals surface area contributed by atoms with E-state index in [1.165, 1.54) is 16.3 Å². The summed E-state index contributed by atoms with van der Waals surface area (Å²) < 4.78 is 22.6. The minimum absolute atomic E-state index is 0.0438. The lowest BCUT2D eigenvalue weighted by Crippen LogP contribution is -2.37. The summed E-state index contributed by atoms with van der Waals surface area (Å²) in [7, 11) is 2.40. The van der Waals surface area contributed by atoms with Crippen LogP contribution in [0, 0.1) is 0 Å². The number of hydrogen-bond acceptors (Lipinski definition) is 4. The SMILES string of the molecule is CC(C)(C)c1ccc(Nc2cc3oc4ccccc4c3cc2-c2ccc3c4cc5c(cc4n4c3c2[B]c2cc3c(-c6ccccc6)oc(-c6ccccc6)c3cc2-4)oc2ccccc25)cc1. The fraction of sp³-hybridized carbons (Fsp3) is 0.0667. The zero-order chi connectivity index (χ0) is 43.8. The van der Waals surface area contributed by atoms with Gasteiger partial charge in [0, 0.05) is 88.8 Å². The quantitative estimate of drug-likeness (QED) is 0.175. The molecule has 14 rings (SSSR count). The van der Waals surface area contributed by atoms with Crippen LogP contribution in [0.3, 0.4) is 0 Å². The number of para-hydroxylation sites is 2. The van der Waals surface area contributed by atoms with Crippen LogP contribution in [0.5, 0.6) is 0 Å². The van der Waals surface area contributed by atoms with Crippen LogP contribution in [0.25, 0.3) is 116 Å². The number of benzene rings is 9. The highest BCUT2D eigenvalue weighted by Crippen LogP contribution is 2.45. The number of nitrogens with one attached hydrogen (secondary N) is 1. The molecule has 0 saturated heterocycles. The Bertz CT molecular complexity index is 4130. The average Bonchev–Trinajstić information content (AvgIpc) is 4.10. The predicted molar refractivity (Wildman–Crippen MR) is 275 cm³/mol. The Morgan fingerprint density at radius 1 is 0.455 bits per heavy atom. The number of nitrogens with zero attached hydrogens (tertiary/aromatic N) is 1. The highest BCUT2D eigenvalue weighted by Gasteiger charge is 2.30. The van der Waals surface area contributed by atoms with Crippen molar-refractivity contribution >= 4 is 106 Å². The molecule has 311 valence electrons. The zero-order valence-corrected chi connectivity index (χ0v) is 36.6. The average molecular weight is 848 g/mol. The molecule has 66 heavy (non-hydrogen) atoms. The Balaban J connectivity index is 1.07. The van der Waals surface area contributed by atoms with Gasteiger partial charge in [0.05, 0.1) is 11.2 Å². The molecular weight excluding hydrogens is 807 g/mol. The second kappa shape index (κ2) is 13.6. The van der Waals surface area contributed by atoms with Crippen LogP contribution in [0.15, 0.2) is 195 Å². The van der Waals surface area contributed by atoms with E-state index in [0.29, 0.717) is 0 Å². The molecule has 0 spiro atoms. The third kappa shape index (κ3) is 5.48. The molecule has 5 heterocycles. The van der Waals surface area contributed by atoms with Gasteiger partial charge in [-0.1, -0.05) is 154 Å². The van der Waals surface area contributed by atoms with E-state index >= 15 is 0 Å². The first kappa shape index (κ1) is 37.2. The minimum Gasteiger partial charge on any atom is -0.456 e. The normalized spacial score (nSPS) is 12.6. The van der Waals surface area contributed by atoms with Gasteiger partial charge in [-0.3, -0.25) is 0 Å². The van der Waals surface area contributed by atoms with E-state index in [-0.39, 0.29) is 5.41 Å². The van der Waals surface area contributed by atoms with Gasteiger partial charge in [0.2, 0.25) is 0 Å². The molecule has 5 nitrogen and oxygen atoms in total. The summed E-state index contributed by atoms with van der Waals surface area (Å²) in [6.45, 7) is 6.75. The van der Waals surface area contributed by atoms with Crippen molar-refractivity contribution in [2.45, 2.75) is 26.2 Å². The molecule has 4 aromatic heterocycles. The van der Waals surface area contributed by atoms with E-state index in [0.717, 1.165) is 127 Å². The standard InChI is InChI=1S/C60H40BN2O3/c1-60(2,3)36-22-24-37(25-23-36)62-49-32-54-44(38-18-10-12-20-52(38)64-54)28-42(49)40-26-27-41-43-29-45-39-19-11-13-21-53(39)65-55(45)33-50(43)63-51-31-47-46(30-48(51)61-56(40)57(41)63)58(34-14-6-4-7-15-34)66-59(47)35-16-8-5-9-17-35/h4-33,62H,1-3H3. The topological polar surface area (TPSA) is 56.4 Å². The lowest BCUT2D eigenvalue weighted by atomic mass is 9.58. The Morgan fingerprint density at radius 2 is 1.06 bits per heavy atom. The third-order valence-corrected chi connectivity index (χ3v) is 13.8. The first-order valence-corrected chi connectivity index (χ1v) is 22.6. The predicted octanol–water partition coefficient (Wildman–Crippen LogP) is 15.3. The van der Waals surface area contributed by atoms with Gasteiger partial charge >= 0.3 is 0 Å². The van der Waals surface area contributed by atoms with Gasteiger partial charge in [0.15, 0.2) is 7.28 Å². The molecule has 6 heteroatoms. The summed E-state index contributed by atoms with van der Waals surface area (Å²) in [4.78, 5) is 0. The summed E-state index contributed by atoms with van der Waals surface area (Å²) in [6.07, 6.45) is 0. The summed E-state index contributed by atoms with van der Waals surface area (Å²) >= 11 is 0. The molecule has 0 saturated carbocycles. The highest BCUT2D eigenvalue weighted by atomic mass is 16.3. The van der Waals surface area contributed by atoms with Crippen molar-refractivity contribution in [1.82, 2.24) is 4.57 Å². The van der Waals surface area contributed by atoms with Crippen molar-refractivity contribution in [3.05, 3.63) is 188 Å². The maximum Gasteiger partial charge on any atom is 0.197 e. The van der Waals surface area contributed by atoms with Gasteiger partial charge in [0.25, 0.3) is 0 Å². The largest absolute Gasteiger partial charge is 0.456 e. The van der Waals surface area contributed by atoms with E-state index in [2.05, 4.69) is 208 Å². The summed E-state index contributed by atoms with van der Waals surface area (Å²) in [5.41, 5.74) is 16.6. The van der Waals surface area contributed by atoms with Crippen LogP contribution >= 0.6 is 0 Å². The van der Waals surface area contributed by atoms with E-state index in [4.69, 9.17) is 13.3 Å². The summed E-state index contributed by atoms with van der Waals surface area (Å²) in [5.74, 6) is 1.71. The second-order valence-corrected chi connectivity index (χ2v) is 18.8. The lowest BCUT2D eigenvalue weighted by molar-refractivity contribution is 0.590. The number of furan rings is 3. The molecule has 1 aliphatic rings. The van der Waals surface area contributed by atoms with E-state index in [9.17, 15) is 0 Å². The first-order valence-electron chi connectivity index (χ1n) is 22.6. The number of aromatic nitrogens is 1. The highest BCUT2D eigenvalue weighted by molar-refractivity contribution is 6.73. The van der Waals surface area contributed by atoms with Crippen LogP contribution in [0.4, 0.5) is 11.4 Å². The minimum atomic E-state index is 0.0438. The number of anilines is 2. The first-order chi connectivity index (χ1) is 32.3.